The Kier molecular flexibility index (Phi) is 2.31. The Labute approximate surface area is 67.8 Å². The van der Waals surface area contributed by atoms with E-state index >= 15 is 0 Å². The lowest BCUT2D eigenvalue weighted by atomic mass is 10.1. The number of rotatable bonds is 3. The highest BCUT2D eigenvalue weighted by atomic mass is 79.9. The Morgan fingerprint density at radius 3 is 2.80 bits per heavy atom. The van der Waals surface area contributed by atoms with Crippen LogP contribution >= 0.6 is 15.9 Å². The van der Waals surface area contributed by atoms with Crippen molar-refractivity contribution in [2.24, 2.45) is 0 Å². The van der Waals surface area contributed by atoms with E-state index in [1.165, 1.54) is 7.11 Å². The molecule has 0 aromatic carbocycles. The van der Waals surface area contributed by atoms with Crippen LogP contribution in [-0.4, -0.2) is 30.6 Å². The number of esters is 1. The van der Waals surface area contributed by atoms with Crippen molar-refractivity contribution in [1.82, 2.24) is 0 Å². The summed E-state index contributed by atoms with van der Waals surface area (Å²) in [6.45, 7) is 0.660. The molecule has 58 valence electrons. The van der Waals surface area contributed by atoms with E-state index in [-0.39, 0.29) is 11.6 Å². The van der Waals surface area contributed by atoms with Crippen LogP contribution in [0.15, 0.2) is 0 Å². The van der Waals surface area contributed by atoms with Gasteiger partial charge in [-0.1, -0.05) is 15.9 Å². The number of carbonyl (C=O) groups is 1. The topological polar surface area (TPSA) is 38.8 Å². The zero-order chi connectivity index (χ0) is 7.61. The van der Waals surface area contributed by atoms with Crippen molar-refractivity contribution in [3.63, 3.8) is 0 Å². The lowest BCUT2D eigenvalue weighted by Gasteiger charge is -2.04. The van der Waals surface area contributed by atoms with Gasteiger partial charge in [0.05, 0.1) is 20.1 Å². The number of ether oxygens (including phenoxy) is 2. The summed E-state index contributed by atoms with van der Waals surface area (Å²) in [6.07, 6.45) is 0.356. The van der Waals surface area contributed by atoms with Crippen molar-refractivity contribution in [1.29, 1.82) is 0 Å². The summed E-state index contributed by atoms with van der Waals surface area (Å²) in [5.41, 5.74) is -0.243. The maximum Gasteiger partial charge on any atom is 0.308 e. The summed E-state index contributed by atoms with van der Waals surface area (Å²) >= 11 is 3.26. The van der Waals surface area contributed by atoms with Gasteiger partial charge in [-0.15, -0.1) is 0 Å². The quantitative estimate of drug-likeness (QED) is 0.390. The smallest absolute Gasteiger partial charge is 0.308 e. The number of hydrogen-bond acceptors (Lipinski definition) is 3. The molecule has 1 saturated heterocycles. The standard InChI is InChI=1S/C6H9BrO3/c1-9-5(8)2-6(3-7)4-10-6/h2-4H2,1H3. The van der Waals surface area contributed by atoms with Gasteiger partial charge in [0, 0.05) is 5.33 Å². The third kappa shape index (κ3) is 1.70. The molecule has 3 nitrogen and oxygen atoms in total. The molecule has 4 heteroatoms. The molecule has 1 aliphatic rings. The number of halogens is 1. The zero-order valence-corrected chi connectivity index (χ0v) is 7.31. The van der Waals surface area contributed by atoms with Crippen molar-refractivity contribution in [2.45, 2.75) is 12.0 Å². The SMILES string of the molecule is COC(=O)CC1(CBr)CO1. The minimum Gasteiger partial charge on any atom is -0.469 e. The van der Waals surface area contributed by atoms with E-state index in [0.29, 0.717) is 18.4 Å². The van der Waals surface area contributed by atoms with Gasteiger partial charge in [0.2, 0.25) is 0 Å². The Bertz CT molecular complexity index is 142. The van der Waals surface area contributed by atoms with Gasteiger partial charge in [0.1, 0.15) is 5.60 Å². The molecule has 0 amide bonds. The van der Waals surface area contributed by atoms with Crippen molar-refractivity contribution < 1.29 is 14.3 Å². The minimum absolute atomic E-state index is 0.211. The summed E-state index contributed by atoms with van der Waals surface area (Å²) in [4.78, 5) is 10.7. The second kappa shape index (κ2) is 2.88. The second-order valence-electron chi connectivity index (χ2n) is 2.36. The fourth-order valence-electron chi connectivity index (χ4n) is 0.664. The third-order valence-corrected chi connectivity index (χ3v) is 2.51. The Morgan fingerprint density at radius 1 is 1.90 bits per heavy atom. The number of epoxide rings is 1. The molecular formula is C6H9BrO3. The summed E-state index contributed by atoms with van der Waals surface area (Å²) in [5, 5.41) is 0.703. The molecule has 1 rings (SSSR count). The molecule has 10 heavy (non-hydrogen) atoms. The molecule has 0 aromatic heterocycles. The van der Waals surface area contributed by atoms with Crippen LogP contribution in [0.3, 0.4) is 0 Å². The van der Waals surface area contributed by atoms with Crippen LogP contribution < -0.4 is 0 Å². The van der Waals surface area contributed by atoms with Crippen LogP contribution in [0.5, 0.6) is 0 Å². The van der Waals surface area contributed by atoms with Crippen LogP contribution in [0, 0.1) is 0 Å². The van der Waals surface area contributed by atoms with Gasteiger partial charge in [-0.25, -0.2) is 0 Å². The van der Waals surface area contributed by atoms with Crippen LogP contribution in [0.2, 0.25) is 0 Å². The van der Waals surface area contributed by atoms with Crippen molar-refractivity contribution >= 4 is 21.9 Å². The Morgan fingerprint density at radius 2 is 2.50 bits per heavy atom. The molecule has 0 N–H and O–H groups in total. The van der Waals surface area contributed by atoms with Crippen LogP contribution in [0.1, 0.15) is 6.42 Å². The van der Waals surface area contributed by atoms with E-state index in [1.54, 1.807) is 0 Å². The minimum atomic E-state index is -0.243. The van der Waals surface area contributed by atoms with Crippen LogP contribution in [0.4, 0.5) is 0 Å². The number of methoxy groups -OCH3 is 1. The maximum atomic E-state index is 10.7. The number of carbonyl (C=O) groups excluding carboxylic acids is 1. The predicted molar refractivity (Wildman–Crippen MR) is 39.1 cm³/mol. The molecule has 1 atom stereocenters. The average Bonchev–Trinajstić information content (AvgIpc) is 2.70. The van der Waals surface area contributed by atoms with Gasteiger partial charge in [-0.05, 0) is 0 Å². The van der Waals surface area contributed by atoms with E-state index < -0.39 is 0 Å². The van der Waals surface area contributed by atoms with E-state index in [0.717, 1.165) is 0 Å². The van der Waals surface area contributed by atoms with Crippen LogP contribution in [-0.2, 0) is 14.3 Å². The lowest BCUT2D eigenvalue weighted by Crippen LogP contribution is -2.19. The number of alkyl halides is 1. The molecule has 0 bridgehead atoms. The first-order chi connectivity index (χ1) is 4.72. The van der Waals surface area contributed by atoms with Gasteiger partial charge in [-0.3, -0.25) is 4.79 Å². The molecule has 0 spiro atoms. The first kappa shape index (κ1) is 8.01. The van der Waals surface area contributed by atoms with Gasteiger partial charge in [-0.2, -0.15) is 0 Å². The predicted octanol–water partition coefficient (Wildman–Crippen LogP) is 0.713. The lowest BCUT2D eigenvalue weighted by molar-refractivity contribution is -0.141. The largest absolute Gasteiger partial charge is 0.469 e. The summed E-state index contributed by atoms with van der Waals surface area (Å²) in [6, 6.07) is 0. The zero-order valence-electron chi connectivity index (χ0n) is 5.72. The summed E-state index contributed by atoms with van der Waals surface area (Å²) in [7, 11) is 1.38. The van der Waals surface area contributed by atoms with Gasteiger partial charge in [0.15, 0.2) is 0 Å². The van der Waals surface area contributed by atoms with Gasteiger partial charge in [0.25, 0.3) is 0 Å². The Balaban J connectivity index is 2.30. The molecule has 1 fully saturated rings. The van der Waals surface area contributed by atoms with Crippen molar-refractivity contribution in [3.8, 4) is 0 Å². The Hall–Kier alpha value is -0.0900. The molecular weight excluding hydrogens is 200 g/mol. The molecule has 1 unspecified atom stereocenters. The van der Waals surface area contributed by atoms with E-state index in [4.69, 9.17) is 4.74 Å². The maximum absolute atomic E-state index is 10.7. The molecule has 0 saturated carbocycles. The highest BCUT2D eigenvalue weighted by Crippen LogP contribution is 2.32. The van der Waals surface area contributed by atoms with Crippen molar-refractivity contribution in [2.75, 3.05) is 19.0 Å². The molecule has 1 aliphatic heterocycles. The fraction of sp³-hybridized carbons (Fsp3) is 0.833. The first-order valence-corrected chi connectivity index (χ1v) is 4.11. The second-order valence-corrected chi connectivity index (χ2v) is 2.92. The van der Waals surface area contributed by atoms with Crippen molar-refractivity contribution in [3.05, 3.63) is 0 Å². The molecule has 0 aromatic rings. The normalized spacial score (nSPS) is 29.8. The average molecular weight is 209 g/mol. The van der Waals surface area contributed by atoms with Crippen LogP contribution in [0.25, 0.3) is 0 Å². The van der Waals surface area contributed by atoms with E-state index in [2.05, 4.69) is 20.7 Å². The summed E-state index contributed by atoms with van der Waals surface area (Å²) < 4.78 is 9.56. The summed E-state index contributed by atoms with van der Waals surface area (Å²) in [5.74, 6) is -0.211. The molecule has 0 radical (unpaired) electrons. The van der Waals surface area contributed by atoms with Gasteiger partial charge < -0.3 is 9.47 Å². The molecule has 1 heterocycles. The van der Waals surface area contributed by atoms with Gasteiger partial charge >= 0.3 is 5.97 Å². The van der Waals surface area contributed by atoms with E-state index in [9.17, 15) is 4.79 Å². The third-order valence-electron chi connectivity index (χ3n) is 1.49. The van der Waals surface area contributed by atoms with E-state index in [1.807, 2.05) is 0 Å². The highest BCUT2D eigenvalue weighted by Gasteiger charge is 2.45. The highest BCUT2D eigenvalue weighted by molar-refractivity contribution is 9.09. The number of hydrogen-bond donors (Lipinski definition) is 0. The fourth-order valence-corrected chi connectivity index (χ4v) is 1.19. The first-order valence-electron chi connectivity index (χ1n) is 2.99. The molecule has 0 aliphatic carbocycles. The monoisotopic (exact) mass is 208 g/mol.